The predicted molar refractivity (Wildman–Crippen MR) is 89.3 cm³/mol. The van der Waals surface area contributed by atoms with E-state index in [2.05, 4.69) is 25.5 Å². The van der Waals surface area contributed by atoms with Crippen molar-refractivity contribution >= 4 is 23.5 Å². The number of nitrogens with zero attached hydrogens (tertiary/aromatic N) is 3. The van der Waals surface area contributed by atoms with Crippen molar-refractivity contribution < 1.29 is 4.79 Å². The second kappa shape index (κ2) is 7.06. The van der Waals surface area contributed by atoms with E-state index in [-0.39, 0.29) is 5.91 Å². The molecule has 2 N–H and O–H groups in total. The molecule has 23 heavy (non-hydrogen) atoms. The summed E-state index contributed by atoms with van der Waals surface area (Å²) < 4.78 is 0. The highest BCUT2D eigenvalue weighted by Gasteiger charge is 2.07. The number of hydrogen-bond donors (Lipinski definition) is 2. The van der Waals surface area contributed by atoms with Crippen LogP contribution in [0.5, 0.6) is 0 Å². The molecule has 0 aliphatic rings. The molecule has 3 rings (SSSR count). The quantitative estimate of drug-likeness (QED) is 0.704. The van der Waals surface area contributed by atoms with E-state index in [0.717, 1.165) is 22.0 Å². The fourth-order valence-corrected chi connectivity index (χ4v) is 2.63. The van der Waals surface area contributed by atoms with Gasteiger partial charge in [-0.25, -0.2) is 9.97 Å². The molecule has 0 aliphatic heterocycles. The molecule has 2 heterocycles. The van der Waals surface area contributed by atoms with Crippen molar-refractivity contribution in [2.75, 3.05) is 5.32 Å². The van der Waals surface area contributed by atoms with E-state index in [1.54, 1.807) is 36.2 Å². The molecule has 7 heteroatoms. The van der Waals surface area contributed by atoms with Crippen LogP contribution in [0.25, 0.3) is 0 Å². The number of pyridine rings is 1. The van der Waals surface area contributed by atoms with Gasteiger partial charge in [-0.2, -0.15) is 5.10 Å². The van der Waals surface area contributed by atoms with Crippen molar-refractivity contribution in [2.45, 2.75) is 17.8 Å². The van der Waals surface area contributed by atoms with Gasteiger partial charge in [0.25, 0.3) is 5.91 Å². The molecule has 0 fully saturated rings. The van der Waals surface area contributed by atoms with E-state index in [1.807, 2.05) is 25.1 Å². The fourth-order valence-electron chi connectivity index (χ4n) is 1.90. The van der Waals surface area contributed by atoms with E-state index in [4.69, 9.17) is 0 Å². The molecule has 0 spiro atoms. The summed E-state index contributed by atoms with van der Waals surface area (Å²) in [6, 6.07) is 11.2. The number of amides is 1. The first-order chi connectivity index (χ1) is 11.2. The Balaban J connectivity index is 1.59. The summed E-state index contributed by atoms with van der Waals surface area (Å²) in [7, 11) is 0. The average molecular weight is 325 g/mol. The number of benzene rings is 1. The molecule has 116 valence electrons. The van der Waals surface area contributed by atoms with Gasteiger partial charge in [0.15, 0.2) is 5.16 Å². The molecule has 1 aromatic carbocycles. The number of carbonyl (C=O) groups is 1. The van der Waals surface area contributed by atoms with Gasteiger partial charge in [-0.3, -0.25) is 9.89 Å². The van der Waals surface area contributed by atoms with Crippen molar-refractivity contribution in [3.8, 4) is 0 Å². The molecule has 0 unspecified atom stereocenters. The Morgan fingerprint density at radius 3 is 2.65 bits per heavy atom. The lowest BCUT2D eigenvalue weighted by Gasteiger charge is -2.05. The molecule has 3 aromatic rings. The molecule has 0 atom stereocenters. The van der Waals surface area contributed by atoms with Gasteiger partial charge in [-0.15, -0.1) is 0 Å². The van der Waals surface area contributed by atoms with E-state index in [0.29, 0.717) is 11.4 Å². The van der Waals surface area contributed by atoms with Crippen LogP contribution < -0.4 is 5.32 Å². The summed E-state index contributed by atoms with van der Waals surface area (Å²) in [6.07, 6.45) is 3.20. The van der Waals surface area contributed by atoms with E-state index in [1.165, 1.54) is 6.33 Å². The molecule has 1 amide bonds. The van der Waals surface area contributed by atoms with Gasteiger partial charge < -0.3 is 5.32 Å². The number of aromatic nitrogens is 4. The van der Waals surface area contributed by atoms with Crippen LogP contribution in [0.15, 0.2) is 54.1 Å². The monoisotopic (exact) mass is 325 g/mol. The lowest BCUT2D eigenvalue weighted by atomic mass is 10.1. The standard InChI is InChI=1S/C16H15N5OS/c1-11-2-7-14(17-8-11)20-15(22)13-5-3-12(4-6-13)9-23-16-18-10-19-21-16/h2-8,10H,9H2,1H3,(H,17,20,22)(H,18,19,21). The molecular weight excluding hydrogens is 310 g/mol. The third-order valence-corrected chi connectivity index (χ3v) is 4.09. The maximum absolute atomic E-state index is 12.2. The SMILES string of the molecule is Cc1ccc(NC(=O)c2ccc(CSc3ncn[nH]3)cc2)nc1. The van der Waals surface area contributed by atoms with Crippen LogP contribution in [0.3, 0.4) is 0 Å². The Kier molecular flexibility index (Phi) is 4.68. The topological polar surface area (TPSA) is 83.6 Å². The first-order valence-electron chi connectivity index (χ1n) is 7.02. The Labute approximate surface area is 137 Å². The van der Waals surface area contributed by atoms with Gasteiger partial charge in [0.1, 0.15) is 12.1 Å². The molecule has 0 radical (unpaired) electrons. The zero-order valence-electron chi connectivity index (χ0n) is 12.5. The number of nitrogens with one attached hydrogen (secondary N) is 2. The maximum Gasteiger partial charge on any atom is 0.256 e. The Morgan fingerprint density at radius 1 is 1.17 bits per heavy atom. The highest BCUT2D eigenvalue weighted by Crippen LogP contribution is 2.18. The van der Waals surface area contributed by atoms with Gasteiger partial charge >= 0.3 is 0 Å². The minimum atomic E-state index is -0.171. The van der Waals surface area contributed by atoms with Crippen LogP contribution in [-0.4, -0.2) is 26.1 Å². The second-order valence-corrected chi connectivity index (χ2v) is 5.92. The number of rotatable bonds is 5. The lowest BCUT2D eigenvalue weighted by molar-refractivity contribution is 0.102. The van der Waals surface area contributed by atoms with Crippen molar-refractivity contribution in [3.63, 3.8) is 0 Å². The number of hydrogen-bond acceptors (Lipinski definition) is 5. The van der Waals surface area contributed by atoms with Gasteiger partial charge in [-0.05, 0) is 36.2 Å². The van der Waals surface area contributed by atoms with Crippen LogP contribution in [-0.2, 0) is 5.75 Å². The molecule has 2 aromatic heterocycles. The number of carbonyl (C=O) groups excluding carboxylic acids is 1. The van der Waals surface area contributed by atoms with Gasteiger partial charge in [0, 0.05) is 17.5 Å². The highest BCUT2D eigenvalue weighted by molar-refractivity contribution is 7.98. The summed E-state index contributed by atoms with van der Waals surface area (Å²) in [5.74, 6) is 1.14. The van der Waals surface area contributed by atoms with E-state index in [9.17, 15) is 4.79 Å². The van der Waals surface area contributed by atoms with E-state index >= 15 is 0 Å². The molecule has 0 saturated carbocycles. The van der Waals surface area contributed by atoms with Crippen molar-refractivity contribution in [1.29, 1.82) is 0 Å². The van der Waals surface area contributed by atoms with Crippen LogP contribution in [0.1, 0.15) is 21.5 Å². The smallest absolute Gasteiger partial charge is 0.256 e. The number of anilines is 1. The highest BCUT2D eigenvalue weighted by atomic mass is 32.2. The predicted octanol–water partition coefficient (Wildman–Crippen LogP) is 3.05. The van der Waals surface area contributed by atoms with Crippen LogP contribution in [0.2, 0.25) is 0 Å². The van der Waals surface area contributed by atoms with Crippen molar-refractivity contribution in [2.24, 2.45) is 0 Å². The summed E-state index contributed by atoms with van der Waals surface area (Å²) >= 11 is 1.56. The first-order valence-corrected chi connectivity index (χ1v) is 8.00. The zero-order valence-corrected chi connectivity index (χ0v) is 13.3. The Morgan fingerprint density at radius 2 is 2.00 bits per heavy atom. The molecule has 6 nitrogen and oxygen atoms in total. The number of H-pyrrole nitrogens is 1. The maximum atomic E-state index is 12.2. The summed E-state index contributed by atoms with van der Waals surface area (Å²) in [5, 5.41) is 10.2. The Hall–Kier alpha value is -2.67. The number of aromatic amines is 1. The molecule has 0 bridgehead atoms. The number of aryl methyl sites for hydroxylation is 1. The van der Waals surface area contributed by atoms with Gasteiger partial charge in [0.05, 0.1) is 0 Å². The molecular formula is C16H15N5OS. The number of thioether (sulfide) groups is 1. The van der Waals surface area contributed by atoms with Gasteiger partial charge in [-0.1, -0.05) is 30.0 Å². The summed E-state index contributed by atoms with van der Waals surface area (Å²) in [5.41, 5.74) is 2.76. The third-order valence-electron chi connectivity index (χ3n) is 3.14. The first kappa shape index (κ1) is 15.2. The van der Waals surface area contributed by atoms with Crippen LogP contribution in [0.4, 0.5) is 5.82 Å². The summed E-state index contributed by atoms with van der Waals surface area (Å²) in [4.78, 5) is 20.4. The molecule has 0 saturated heterocycles. The normalized spacial score (nSPS) is 10.5. The summed E-state index contributed by atoms with van der Waals surface area (Å²) in [6.45, 7) is 1.95. The molecule has 0 aliphatic carbocycles. The van der Waals surface area contributed by atoms with E-state index < -0.39 is 0 Å². The fraction of sp³-hybridized carbons (Fsp3) is 0.125. The van der Waals surface area contributed by atoms with Gasteiger partial charge in [0.2, 0.25) is 0 Å². The Bertz CT molecular complexity index is 769. The zero-order chi connectivity index (χ0) is 16.1. The van der Waals surface area contributed by atoms with Crippen molar-refractivity contribution in [1.82, 2.24) is 20.2 Å². The minimum absolute atomic E-state index is 0.171. The van der Waals surface area contributed by atoms with Crippen LogP contribution >= 0.6 is 11.8 Å². The average Bonchev–Trinajstić information content (AvgIpc) is 3.09. The van der Waals surface area contributed by atoms with Crippen LogP contribution in [0, 0.1) is 6.92 Å². The minimum Gasteiger partial charge on any atom is -0.307 e. The van der Waals surface area contributed by atoms with Crippen molar-refractivity contribution in [3.05, 3.63) is 65.6 Å². The third kappa shape index (κ3) is 4.17. The lowest BCUT2D eigenvalue weighted by Crippen LogP contribution is -2.12. The largest absolute Gasteiger partial charge is 0.307 e. The second-order valence-electron chi connectivity index (χ2n) is 4.95.